The van der Waals surface area contributed by atoms with Crippen LogP contribution < -0.4 is 11.5 Å². The lowest BCUT2D eigenvalue weighted by molar-refractivity contribution is -0.385. The van der Waals surface area contributed by atoms with Crippen molar-refractivity contribution < 1.29 is 4.92 Å². The number of nitro groups is 1. The highest BCUT2D eigenvalue weighted by Gasteiger charge is 2.18. The summed E-state index contributed by atoms with van der Waals surface area (Å²) in [4.78, 5) is 10.5. The van der Waals surface area contributed by atoms with E-state index in [0.29, 0.717) is 17.7 Å². The molecule has 0 aliphatic heterocycles. The highest BCUT2D eigenvalue weighted by atomic mass is 16.6. The van der Waals surface area contributed by atoms with Crippen LogP contribution in [0.3, 0.4) is 0 Å². The van der Waals surface area contributed by atoms with Crippen LogP contribution in [0.5, 0.6) is 0 Å². The zero-order valence-electron chi connectivity index (χ0n) is 9.67. The van der Waals surface area contributed by atoms with Crippen molar-refractivity contribution >= 4 is 17.1 Å². The lowest BCUT2D eigenvalue weighted by atomic mass is 10.0. The first-order valence-corrected chi connectivity index (χ1v) is 5.44. The first-order chi connectivity index (χ1) is 8.59. The number of nitrogen functional groups attached to an aromatic ring is 2. The Kier molecular flexibility index (Phi) is 3.14. The van der Waals surface area contributed by atoms with E-state index in [1.165, 1.54) is 12.1 Å². The minimum Gasteiger partial charge on any atom is -0.397 e. The quantitative estimate of drug-likeness (QED) is 0.491. The van der Waals surface area contributed by atoms with E-state index in [1.807, 2.05) is 30.3 Å². The molecule has 0 atom stereocenters. The summed E-state index contributed by atoms with van der Waals surface area (Å²) in [7, 11) is 0. The van der Waals surface area contributed by atoms with Crippen LogP contribution in [0.1, 0.15) is 11.1 Å². The van der Waals surface area contributed by atoms with E-state index in [1.54, 1.807) is 0 Å². The zero-order chi connectivity index (χ0) is 13.1. The van der Waals surface area contributed by atoms with Crippen molar-refractivity contribution in [1.82, 2.24) is 0 Å². The van der Waals surface area contributed by atoms with Gasteiger partial charge in [0.2, 0.25) is 0 Å². The Balaban J connectivity index is 2.48. The molecule has 0 aliphatic rings. The molecule has 4 N–H and O–H groups in total. The summed E-state index contributed by atoms with van der Waals surface area (Å²) in [5.74, 6) is 0. The highest BCUT2D eigenvalue weighted by Crippen LogP contribution is 2.31. The van der Waals surface area contributed by atoms with Gasteiger partial charge in [0.1, 0.15) is 0 Å². The van der Waals surface area contributed by atoms with Crippen LogP contribution in [0.15, 0.2) is 42.5 Å². The van der Waals surface area contributed by atoms with Crippen LogP contribution in [0.4, 0.5) is 17.1 Å². The van der Waals surface area contributed by atoms with Gasteiger partial charge < -0.3 is 11.5 Å². The molecule has 92 valence electrons. The number of rotatable bonds is 3. The van der Waals surface area contributed by atoms with Crippen molar-refractivity contribution in [3.05, 3.63) is 63.7 Å². The molecule has 5 heteroatoms. The first-order valence-electron chi connectivity index (χ1n) is 5.44. The fourth-order valence-electron chi connectivity index (χ4n) is 1.83. The van der Waals surface area contributed by atoms with E-state index < -0.39 is 4.92 Å². The average molecular weight is 243 g/mol. The maximum atomic E-state index is 11.0. The van der Waals surface area contributed by atoms with Gasteiger partial charge in [-0.05, 0) is 11.6 Å². The summed E-state index contributed by atoms with van der Waals surface area (Å²) in [5.41, 5.74) is 13.6. The molecule has 0 aliphatic carbocycles. The number of anilines is 2. The van der Waals surface area contributed by atoms with Crippen molar-refractivity contribution in [2.45, 2.75) is 6.42 Å². The Morgan fingerprint density at radius 2 is 1.72 bits per heavy atom. The predicted molar refractivity (Wildman–Crippen MR) is 71.2 cm³/mol. The molecule has 2 aromatic carbocycles. The normalized spacial score (nSPS) is 10.2. The van der Waals surface area contributed by atoms with Crippen molar-refractivity contribution in [2.75, 3.05) is 11.5 Å². The van der Waals surface area contributed by atoms with Crippen LogP contribution in [-0.2, 0) is 6.42 Å². The largest absolute Gasteiger partial charge is 0.397 e. The Morgan fingerprint density at radius 3 is 2.33 bits per heavy atom. The number of hydrogen-bond acceptors (Lipinski definition) is 4. The van der Waals surface area contributed by atoms with Gasteiger partial charge in [0, 0.05) is 12.5 Å². The van der Waals surface area contributed by atoms with E-state index in [0.717, 1.165) is 5.56 Å². The molecule has 0 heterocycles. The summed E-state index contributed by atoms with van der Waals surface area (Å²) < 4.78 is 0. The van der Waals surface area contributed by atoms with Gasteiger partial charge >= 0.3 is 0 Å². The number of nitro benzene ring substituents is 1. The van der Waals surface area contributed by atoms with Gasteiger partial charge in [0.25, 0.3) is 5.69 Å². The van der Waals surface area contributed by atoms with Crippen LogP contribution in [0, 0.1) is 10.1 Å². The maximum absolute atomic E-state index is 11.0. The van der Waals surface area contributed by atoms with Crippen LogP contribution in [0.2, 0.25) is 0 Å². The van der Waals surface area contributed by atoms with Crippen molar-refractivity contribution in [3.8, 4) is 0 Å². The Hall–Kier alpha value is -2.56. The first kappa shape index (κ1) is 11.9. The number of nitrogens with two attached hydrogens (primary N) is 2. The number of benzene rings is 2. The summed E-state index contributed by atoms with van der Waals surface area (Å²) >= 11 is 0. The molecule has 5 nitrogen and oxygen atoms in total. The Morgan fingerprint density at radius 1 is 1.06 bits per heavy atom. The molecule has 0 unspecified atom stereocenters. The maximum Gasteiger partial charge on any atom is 0.275 e. The summed E-state index contributed by atoms with van der Waals surface area (Å²) in [6.07, 6.45) is 0.397. The second-order valence-electron chi connectivity index (χ2n) is 3.99. The molecule has 0 radical (unpaired) electrons. The second kappa shape index (κ2) is 4.75. The van der Waals surface area contributed by atoms with E-state index in [2.05, 4.69) is 0 Å². The number of nitrogens with zero attached hydrogens (tertiary/aromatic N) is 1. The van der Waals surface area contributed by atoms with E-state index >= 15 is 0 Å². The fraction of sp³-hybridized carbons (Fsp3) is 0.0769. The molecule has 0 spiro atoms. The molecule has 2 aromatic rings. The van der Waals surface area contributed by atoms with Crippen LogP contribution >= 0.6 is 0 Å². The number of hydrogen-bond donors (Lipinski definition) is 2. The van der Waals surface area contributed by atoms with Gasteiger partial charge in [0.05, 0.1) is 21.9 Å². The lowest BCUT2D eigenvalue weighted by Gasteiger charge is -2.09. The SMILES string of the molecule is Nc1ccc([N+](=O)[O-])c(Cc2ccccc2)c1N. The molecule has 0 saturated heterocycles. The summed E-state index contributed by atoms with van der Waals surface area (Å²) in [6, 6.07) is 12.3. The van der Waals surface area contributed by atoms with Gasteiger partial charge in [-0.25, -0.2) is 0 Å². The molecular formula is C13H13N3O2. The third-order valence-corrected chi connectivity index (χ3v) is 2.79. The molecular weight excluding hydrogens is 230 g/mol. The molecule has 2 rings (SSSR count). The molecule has 0 fully saturated rings. The topological polar surface area (TPSA) is 95.2 Å². The minimum absolute atomic E-state index is 0.00514. The third kappa shape index (κ3) is 2.24. The van der Waals surface area contributed by atoms with Crippen molar-refractivity contribution in [2.24, 2.45) is 0 Å². The summed E-state index contributed by atoms with van der Waals surface area (Å²) in [5, 5.41) is 11.0. The van der Waals surface area contributed by atoms with Crippen molar-refractivity contribution in [3.63, 3.8) is 0 Å². The molecule has 0 amide bonds. The molecule has 0 aromatic heterocycles. The van der Waals surface area contributed by atoms with E-state index in [-0.39, 0.29) is 11.4 Å². The molecule has 18 heavy (non-hydrogen) atoms. The zero-order valence-corrected chi connectivity index (χ0v) is 9.67. The average Bonchev–Trinajstić information content (AvgIpc) is 2.36. The molecule has 0 bridgehead atoms. The van der Waals surface area contributed by atoms with Gasteiger partial charge in [-0.15, -0.1) is 0 Å². The lowest BCUT2D eigenvalue weighted by Crippen LogP contribution is -2.04. The van der Waals surface area contributed by atoms with Gasteiger partial charge in [-0.3, -0.25) is 10.1 Å². The van der Waals surface area contributed by atoms with Crippen LogP contribution in [-0.4, -0.2) is 4.92 Å². The fourth-order valence-corrected chi connectivity index (χ4v) is 1.83. The summed E-state index contributed by atoms with van der Waals surface area (Å²) in [6.45, 7) is 0. The van der Waals surface area contributed by atoms with Crippen molar-refractivity contribution in [1.29, 1.82) is 0 Å². The second-order valence-corrected chi connectivity index (χ2v) is 3.99. The van der Waals surface area contributed by atoms with Crippen LogP contribution in [0.25, 0.3) is 0 Å². The molecule has 0 saturated carbocycles. The van der Waals surface area contributed by atoms with E-state index in [9.17, 15) is 10.1 Å². The van der Waals surface area contributed by atoms with Gasteiger partial charge in [0.15, 0.2) is 0 Å². The predicted octanol–water partition coefficient (Wildman–Crippen LogP) is 2.35. The minimum atomic E-state index is -0.436. The monoisotopic (exact) mass is 243 g/mol. The third-order valence-electron chi connectivity index (χ3n) is 2.79. The smallest absolute Gasteiger partial charge is 0.275 e. The Labute approximate surface area is 104 Å². The highest BCUT2D eigenvalue weighted by molar-refractivity contribution is 5.73. The van der Waals surface area contributed by atoms with Gasteiger partial charge in [-0.1, -0.05) is 30.3 Å². The standard InChI is InChI=1S/C13H13N3O2/c14-11-6-7-12(16(17)18)10(13(11)15)8-9-4-2-1-3-5-9/h1-7H,8,14-15H2. The Bertz CT molecular complexity index is 582. The van der Waals surface area contributed by atoms with E-state index in [4.69, 9.17) is 11.5 Å². The van der Waals surface area contributed by atoms with Gasteiger partial charge in [-0.2, -0.15) is 0 Å².